The lowest BCUT2D eigenvalue weighted by molar-refractivity contribution is -0.368. The number of phenols is 1. The Morgan fingerprint density at radius 3 is 2.39 bits per heavy atom. The van der Waals surface area contributed by atoms with Crippen LogP contribution in [0, 0.1) is 11.8 Å². The fourth-order valence-corrected chi connectivity index (χ4v) is 6.06. The molecule has 0 aromatic heterocycles. The molecular weight excluding hydrogens is 592 g/mol. The summed E-state index contributed by atoms with van der Waals surface area (Å²) in [5.74, 6) is -3.68. The number of rotatable bonds is 9. The Hall–Kier alpha value is -2.90. The van der Waals surface area contributed by atoms with Gasteiger partial charge < -0.3 is 69.3 Å². The molecule has 1 aliphatic carbocycles. The molecule has 44 heavy (non-hydrogen) atoms. The third-order valence-electron chi connectivity index (χ3n) is 8.63. The highest BCUT2D eigenvalue weighted by atomic mass is 16.8. The summed E-state index contributed by atoms with van der Waals surface area (Å²) in [5, 5.41) is 83.1. The van der Waals surface area contributed by atoms with Crippen LogP contribution >= 0.6 is 0 Å². The Morgan fingerprint density at radius 1 is 1.02 bits per heavy atom. The van der Waals surface area contributed by atoms with E-state index in [2.05, 4.69) is 0 Å². The number of phenolic OH excluding ortho intramolecular Hbond substituents is 1. The fourth-order valence-electron chi connectivity index (χ4n) is 6.06. The van der Waals surface area contributed by atoms with Crippen molar-refractivity contribution in [2.24, 2.45) is 11.8 Å². The number of ether oxygens (including phenoxy) is 6. The van der Waals surface area contributed by atoms with Gasteiger partial charge in [-0.3, -0.25) is 0 Å². The Balaban J connectivity index is 1.30. The molecule has 0 spiro atoms. The predicted octanol–water partition coefficient (Wildman–Crippen LogP) is -2.06. The zero-order valence-corrected chi connectivity index (χ0v) is 23.5. The summed E-state index contributed by atoms with van der Waals surface area (Å²) in [6.07, 6.45) is -11.3. The van der Waals surface area contributed by atoms with Crippen molar-refractivity contribution >= 4 is 11.9 Å². The molecule has 3 aliphatic heterocycles. The van der Waals surface area contributed by atoms with Crippen LogP contribution in [0.3, 0.4) is 0 Å². The maximum atomic E-state index is 12.4. The van der Waals surface area contributed by atoms with Gasteiger partial charge in [-0.1, -0.05) is 0 Å². The van der Waals surface area contributed by atoms with E-state index in [0.717, 1.165) is 6.26 Å². The Morgan fingerprint density at radius 2 is 1.73 bits per heavy atom. The minimum Gasteiger partial charge on any atom is -0.508 e. The van der Waals surface area contributed by atoms with Crippen LogP contribution in [0.2, 0.25) is 0 Å². The number of carboxylic acid groups (broad SMARTS) is 1. The number of carboxylic acids is 1. The number of fused-ring (bicyclic) bond motifs is 1. The summed E-state index contributed by atoms with van der Waals surface area (Å²) < 4.78 is 33.5. The predicted molar refractivity (Wildman–Crippen MR) is 140 cm³/mol. The molecule has 5 rings (SSSR count). The van der Waals surface area contributed by atoms with E-state index in [1.807, 2.05) is 0 Å². The Labute approximate surface area is 250 Å². The highest BCUT2D eigenvalue weighted by Crippen LogP contribution is 2.49. The molecule has 3 heterocycles. The van der Waals surface area contributed by atoms with Crippen molar-refractivity contribution in [2.45, 2.75) is 80.4 Å². The minimum atomic E-state index is -2.15. The van der Waals surface area contributed by atoms with E-state index in [4.69, 9.17) is 28.4 Å². The zero-order chi connectivity index (χ0) is 32.0. The SMILES string of the molecule is C[C@]1(O)CC[C@@H]2C(C(=O)O)=CO[C@@H](O[C@@H]3O[C@H](CO)[C@@H](O)[C@H](O)[C@H]3O[C@H]3OC[C@](O)(COC(=O)c4ccc(O)cc4)[C@H]3O)[C@@H]21. The lowest BCUT2D eigenvalue weighted by Gasteiger charge is -2.45. The topological polar surface area (TPSA) is 251 Å². The number of carbonyl (C=O) groups excluding carboxylic acids is 1. The molecular formula is C28H36O16. The molecule has 1 aromatic carbocycles. The van der Waals surface area contributed by atoms with Gasteiger partial charge in [0.1, 0.15) is 42.9 Å². The average molecular weight is 629 g/mol. The number of aromatic hydroxyl groups is 1. The first-order valence-corrected chi connectivity index (χ1v) is 14.0. The average Bonchev–Trinajstić information content (AvgIpc) is 3.46. The number of hydrogen-bond donors (Lipinski definition) is 8. The molecule has 1 saturated carbocycles. The second-order valence-corrected chi connectivity index (χ2v) is 11.7. The van der Waals surface area contributed by atoms with E-state index in [0.29, 0.717) is 6.42 Å². The summed E-state index contributed by atoms with van der Waals surface area (Å²) in [6, 6.07) is 5.13. The maximum absolute atomic E-state index is 12.4. The van der Waals surface area contributed by atoms with Crippen molar-refractivity contribution < 1.29 is 78.9 Å². The number of hydrogen-bond acceptors (Lipinski definition) is 15. The fraction of sp³-hybridized carbons (Fsp3) is 0.643. The first-order valence-electron chi connectivity index (χ1n) is 14.0. The van der Waals surface area contributed by atoms with E-state index in [-0.39, 0.29) is 23.3 Å². The van der Waals surface area contributed by atoms with Gasteiger partial charge in [0.2, 0.25) is 6.29 Å². The summed E-state index contributed by atoms with van der Waals surface area (Å²) in [7, 11) is 0. The lowest BCUT2D eigenvalue weighted by atomic mass is 9.81. The first-order chi connectivity index (χ1) is 20.8. The molecule has 12 atom stereocenters. The normalized spacial score (nSPS) is 41.8. The number of aliphatic carboxylic acids is 1. The van der Waals surface area contributed by atoms with Crippen LogP contribution in [0.1, 0.15) is 30.1 Å². The van der Waals surface area contributed by atoms with Crippen LogP contribution in [-0.4, -0.2) is 133 Å². The number of carbonyl (C=O) groups is 2. The molecule has 0 bridgehead atoms. The monoisotopic (exact) mass is 628 g/mol. The molecule has 0 radical (unpaired) electrons. The van der Waals surface area contributed by atoms with Gasteiger partial charge in [0.25, 0.3) is 0 Å². The molecule has 16 heteroatoms. The lowest BCUT2D eigenvalue weighted by Crippen LogP contribution is -2.62. The number of esters is 1. The highest BCUT2D eigenvalue weighted by molar-refractivity contribution is 5.89. The van der Waals surface area contributed by atoms with E-state index in [1.54, 1.807) is 0 Å². The Kier molecular flexibility index (Phi) is 9.21. The van der Waals surface area contributed by atoms with Gasteiger partial charge in [0.05, 0.1) is 42.1 Å². The molecule has 0 amide bonds. The zero-order valence-electron chi connectivity index (χ0n) is 23.5. The van der Waals surface area contributed by atoms with Crippen LogP contribution in [0.5, 0.6) is 5.75 Å². The van der Waals surface area contributed by atoms with Crippen molar-refractivity contribution in [2.75, 3.05) is 19.8 Å². The standard InChI is InChI=1S/C28H36O16/c1-27(37)7-6-14-15(22(34)35)9-39-24(17(14)27)44-25-20(19(32)18(31)16(8-29)42-25)43-26-21(33)28(38,11-41-26)10-40-23(36)12-2-4-13(30)5-3-12/h2-5,9,14,16-21,24-26,29-33,37-38H,6-8,10-11H2,1H3,(H,34,35)/t14-,16-,17-,18-,19+,20-,21+,24+,25+,26-,27+,28-/m1/s1. The van der Waals surface area contributed by atoms with E-state index in [1.165, 1.54) is 31.2 Å². The van der Waals surface area contributed by atoms with Crippen LogP contribution in [-0.2, 0) is 33.2 Å². The molecule has 0 unspecified atom stereocenters. The van der Waals surface area contributed by atoms with Gasteiger partial charge in [-0.25, -0.2) is 9.59 Å². The van der Waals surface area contributed by atoms with Crippen molar-refractivity contribution in [1.29, 1.82) is 0 Å². The van der Waals surface area contributed by atoms with Crippen LogP contribution in [0.25, 0.3) is 0 Å². The second-order valence-electron chi connectivity index (χ2n) is 11.7. The van der Waals surface area contributed by atoms with E-state index >= 15 is 0 Å². The van der Waals surface area contributed by atoms with Crippen molar-refractivity contribution in [1.82, 2.24) is 0 Å². The van der Waals surface area contributed by atoms with Crippen molar-refractivity contribution in [3.05, 3.63) is 41.7 Å². The molecule has 16 nitrogen and oxygen atoms in total. The van der Waals surface area contributed by atoms with Crippen molar-refractivity contribution in [3.63, 3.8) is 0 Å². The number of aliphatic hydroxyl groups excluding tert-OH is 4. The van der Waals surface area contributed by atoms with Crippen LogP contribution in [0.15, 0.2) is 36.1 Å². The molecule has 4 aliphatic rings. The van der Waals surface area contributed by atoms with Gasteiger partial charge in [0, 0.05) is 5.92 Å². The first kappa shape index (κ1) is 32.5. The molecule has 2 saturated heterocycles. The summed E-state index contributed by atoms with van der Waals surface area (Å²) >= 11 is 0. The molecule has 1 aromatic rings. The van der Waals surface area contributed by atoms with Gasteiger partial charge >= 0.3 is 11.9 Å². The quantitative estimate of drug-likeness (QED) is 0.137. The van der Waals surface area contributed by atoms with Gasteiger partial charge in [0.15, 0.2) is 18.2 Å². The van der Waals surface area contributed by atoms with Gasteiger partial charge in [-0.05, 0) is 44.0 Å². The second kappa shape index (κ2) is 12.5. The Bertz CT molecular complexity index is 1230. The molecule has 244 valence electrons. The summed E-state index contributed by atoms with van der Waals surface area (Å²) in [5.41, 5.74) is -3.55. The minimum absolute atomic E-state index is 0.0541. The van der Waals surface area contributed by atoms with Crippen LogP contribution < -0.4 is 0 Å². The van der Waals surface area contributed by atoms with E-state index < -0.39 is 104 Å². The molecule has 3 fully saturated rings. The smallest absolute Gasteiger partial charge is 0.338 e. The number of benzene rings is 1. The van der Waals surface area contributed by atoms with Gasteiger partial charge in [-0.2, -0.15) is 0 Å². The summed E-state index contributed by atoms with van der Waals surface area (Å²) in [4.78, 5) is 24.1. The van der Waals surface area contributed by atoms with E-state index in [9.17, 15) is 50.4 Å². The van der Waals surface area contributed by atoms with Crippen molar-refractivity contribution in [3.8, 4) is 5.75 Å². The maximum Gasteiger partial charge on any atom is 0.338 e. The summed E-state index contributed by atoms with van der Waals surface area (Å²) in [6.45, 7) is -0.526. The number of aliphatic hydroxyl groups is 6. The van der Waals surface area contributed by atoms with Crippen LogP contribution in [0.4, 0.5) is 0 Å². The largest absolute Gasteiger partial charge is 0.508 e. The van der Waals surface area contributed by atoms with Gasteiger partial charge in [-0.15, -0.1) is 0 Å². The third kappa shape index (κ3) is 6.15. The molecule has 8 N–H and O–H groups in total. The highest BCUT2D eigenvalue weighted by Gasteiger charge is 2.58. The third-order valence-corrected chi connectivity index (χ3v) is 8.63.